The molecule has 114 valence electrons. The third-order valence-electron chi connectivity index (χ3n) is 3.53. The van der Waals surface area contributed by atoms with E-state index in [9.17, 15) is 0 Å². The third kappa shape index (κ3) is 3.25. The molecular weight excluding hydrogens is 326 g/mol. The summed E-state index contributed by atoms with van der Waals surface area (Å²) >= 11 is 5.85. The van der Waals surface area contributed by atoms with Crippen LogP contribution in [0.4, 0.5) is 0 Å². The highest BCUT2D eigenvalue weighted by Gasteiger charge is 2.28. The van der Waals surface area contributed by atoms with Crippen LogP contribution in [0.5, 0.6) is 11.5 Å². The van der Waals surface area contributed by atoms with Crippen molar-refractivity contribution in [1.29, 1.82) is 0 Å². The van der Waals surface area contributed by atoms with E-state index >= 15 is 0 Å². The van der Waals surface area contributed by atoms with Gasteiger partial charge in [0.15, 0.2) is 11.5 Å². The highest BCUT2D eigenvalue weighted by Crippen LogP contribution is 2.39. The van der Waals surface area contributed by atoms with E-state index in [1.807, 2.05) is 41.4 Å². The van der Waals surface area contributed by atoms with Gasteiger partial charge in [-0.1, -0.05) is 6.07 Å². The minimum atomic E-state index is 0.337. The molecular formula is C13H17N3O2S3. The molecule has 21 heavy (non-hydrogen) atoms. The van der Waals surface area contributed by atoms with Crippen LogP contribution in [0.15, 0.2) is 18.2 Å². The van der Waals surface area contributed by atoms with Crippen molar-refractivity contribution >= 4 is 35.3 Å². The lowest BCUT2D eigenvalue weighted by Gasteiger charge is -2.15. The zero-order chi connectivity index (χ0) is 14.1. The first kappa shape index (κ1) is 14.3. The van der Waals surface area contributed by atoms with Gasteiger partial charge in [0.2, 0.25) is 6.79 Å². The molecule has 5 nitrogen and oxygen atoms in total. The van der Waals surface area contributed by atoms with E-state index in [4.69, 9.17) is 9.47 Å². The van der Waals surface area contributed by atoms with E-state index in [1.165, 1.54) is 5.56 Å². The topological polar surface area (TPSA) is 54.5 Å². The van der Waals surface area contributed by atoms with Crippen LogP contribution >= 0.6 is 35.3 Å². The summed E-state index contributed by atoms with van der Waals surface area (Å²) in [6.45, 7) is 0.337. The summed E-state index contributed by atoms with van der Waals surface area (Å²) in [4.78, 5) is 0. The zero-order valence-corrected chi connectivity index (χ0v) is 13.8. The standard InChI is InChI=1S/C13H17N3O2S3/c1-2-10-11(18-7-17-10)3-8(1)12-15-9(4-19-12)5-20-13-16-14-6-21-13/h1-3,9,12-16H,4-7H2. The first-order valence-electron chi connectivity index (χ1n) is 6.87. The van der Waals surface area contributed by atoms with Gasteiger partial charge < -0.3 is 9.47 Å². The van der Waals surface area contributed by atoms with Crippen LogP contribution in [0, 0.1) is 0 Å². The van der Waals surface area contributed by atoms with Gasteiger partial charge in [0, 0.05) is 17.5 Å². The van der Waals surface area contributed by atoms with Gasteiger partial charge in [-0.15, -0.1) is 35.3 Å². The van der Waals surface area contributed by atoms with E-state index < -0.39 is 0 Å². The average molecular weight is 343 g/mol. The second-order valence-corrected chi connectivity index (χ2v) is 8.65. The normalized spacial score (nSPS) is 31.0. The van der Waals surface area contributed by atoms with Gasteiger partial charge in [0.25, 0.3) is 0 Å². The molecule has 3 heterocycles. The van der Waals surface area contributed by atoms with Gasteiger partial charge in [-0.05, 0) is 17.7 Å². The zero-order valence-electron chi connectivity index (χ0n) is 11.3. The van der Waals surface area contributed by atoms with Crippen molar-refractivity contribution in [2.24, 2.45) is 0 Å². The number of rotatable bonds is 4. The van der Waals surface area contributed by atoms with Crippen LogP contribution in [0.1, 0.15) is 10.9 Å². The summed E-state index contributed by atoms with van der Waals surface area (Å²) < 4.78 is 11.3. The maximum Gasteiger partial charge on any atom is 0.231 e. The molecule has 3 atom stereocenters. The first-order valence-corrected chi connectivity index (χ1v) is 10.0. The van der Waals surface area contributed by atoms with E-state index in [2.05, 4.69) is 28.3 Å². The van der Waals surface area contributed by atoms with E-state index in [-0.39, 0.29) is 0 Å². The van der Waals surface area contributed by atoms with Crippen molar-refractivity contribution in [2.75, 3.05) is 24.2 Å². The van der Waals surface area contributed by atoms with E-state index in [0.29, 0.717) is 22.9 Å². The Morgan fingerprint density at radius 1 is 1.24 bits per heavy atom. The molecule has 0 saturated carbocycles. The molecule has 0 aliphatic carbocycles. The van der Waals surface area contributed by atoms with Gasteiger partial charge >= 0.3 is 0 Å². The number of nitrogens with one attached hydrogen (secondary N) is 3. The van der Waals surface area contributed by atoms with E-state index in [0.717, 1.165) is 28.9 Å². The van der Waals surface area contributed by atoms with Crippen molar-refractivity contribution in [2.45, 2.75) is 16.1 Å². The molecule has 8 heteroatoms. The number of thioether (sulfide) groups is 3. The number of hydrogen-bond acceptors (Lipinski definition) is 8. The molecule has 0 spiro atoms. The van der Waals surface area contributed by atoms with Crippen LogP contribution in [0.2, 0.25) is 0 Å². The molecule has 0 aromatic heterocycles. The monoisotopic (exact) mass is 343 g/mol. The lowest BCUT2D eigenvalue weighted by molar-refractivity contribution is 0.174. The molecule has 2 fully saturated rings. The molecule has 3 unspecified atom stereocenters. The summed E-state index contributed by atoms with van der Waals surface area (Å²) in [5.74, 6) is 4.98. The second kappa shape index (κ2) is 6.47. The van der Waals surface area contributed by atoms with E-state index in [1.54, 1.807) is 0 Å². The van der Waals surface area contributed by atoms with Gasteiger partial charge in [-0.25, -0.2) is 10.9 Å². The minimum Gasteiger partial charge on any atom is -0.454 e. The van der Waals surface area contributed by atoms with Crippen LogP contribution in [-0.2, 0) is 0 Å². The largest absolute Gasteiger partial charge is 0.454 e. The highest BCUT2D eigenvalue weighted by atomic mass is 32.2. The minimum absolute atomic E-state index is 0.337. The fraction of sp³-hybridized carbons (Fsp3) is 0.538. The predicted octanol–water partition coefficient (Wildman–Crippen LogP) is 1.93. The number of benzene rings is 1. The summed E-state index contributed by atoms with van der Waals surface area (Å²) in [5.41, 5.74) is 7.68. The average Bonchev–Trinajstić information content (AvgIpc) is 3.25. The lowest BCUT2D eigenvalue weighted by Crippen LogP contribution is -2.32. The number of fused-ring (bicyclic) bond motifs is 1. The Balaban J connectivity index is 1.33. The molecule has 4 rings (SSSR count). The van der Waals surface area contributed by atoms with Crippen molar-refractivity contribution < 1.29 is 9.47 Å². The Labute approximate surface area is 136 Å². The summed E-state index contributed by atoms with van der Waals surface area (Å²) in [5, 5.41) is 4.06. The third-order valence-corrected chi connectivity index (χ3v) is 7.43. The second-order valence-electron chi connectivity index (χ2n) is 4.99. The van der Waals surface area contributed by atoms with Gasteiger partial charge in [0.1, 0.15) is 4.71 Å². The Bertz CT molecular complexity index is 513. The highest BCUT2D eigenvalue weighted by molar-refractivity contribution is 8.17. The van der Waals surface area contributed by atoms with Crippen molar-refractivity contribution in [3.8, 4) is 11.5 Å². The maximum absolute atomic E-state index is 5.46. The van der Waals surface area contributed by atoms with Crippen LogP contribution in [-0.4, -0.2) is 34.9 Å². The number of hydrogen-bond donors (Lipinski definition) is 3. The molecule has 0 radical (unpaired) electrons. The maximum atomic E-state index is 5.46. The van der Waals surface area contributed by atoms with Crippen molar-refractivity contribution in [1.82, 2.24) is 16.2 Å². The van der Waals surface area contributed by atoms with Crippen LogP contribution in [0.3, 0.4) is 0 Å². The molecule has 2 saturated heterocycles. The van der Waals surface area contributed by atoms with Crippen LogP contribution in [0.25, 0.3) is 0 Å². The molecule has 3 aliphatic rings. The fourth-order valence-corrected chi connectivity index (χ4v) is 5.98. The molecule has 1 aromatic carbocycles. The molecule has 0 amide bonds. The Kier molecular flexibility index (Phi) is 4.42. The predicted molar refractivity (Wildman–Crippen MR) is 89.7 cm³/mol. The molecule has 3 aliphatic heterocycles. The first-order chi connectivity index (χ1) is 10.4. The lowest BCUT2D eigenvalue weighted by atomic mass is 10.2. The summed E-state index contributed by atoms with van der Waals surface area (Å²) in [6.07, 6.45) is 0. The van der Waals surface area contributed by atoms with Gasteiger partial charge in [-0.3, -0.25) is 5.32 Å². The molecule has 3 N–H and O–H groups in total. The number of hydrazine groups is 1. The van der Waals surface area contributed by atoms with Crippen molar-refractivity contribution in [3.63, 3.8) is 0 Å². The smallest absolute Gasteiger partial charge is 0.231 e. The number of ether oxygens (including phenoxy) is 2. The van der Waals surface area contributed by atoms with Crippen molar-refractivity contribution in [3.05, 3.63) is 23.8 Å². The Morgan fingerprint density at radius 3 is 3.10 bits per heavy atom. The van der Waals surface area contributed by atoms with Gasteiger partial charge in [-0.2, -0.15) is 0 Å². The fourth-order valence-electron chi connectivity index (χ4n) is 2.46. The summed E-state index contributed by atoms with van der Waals surface area (Å²) in [6, 6.07) is 6.79. The Hall–Kier alpha value is -0.250. The molecule has 0 bridgehead atoms. The van der Waals surface area contributed by atoms with Gasteiger partial charge in [0.05, 0.1) is 11.3 Å². The SMILES string of the molecule is c1cc2c(cc1C1NC(CSC3NNCS3)CS1)OCO2. The quantitative estimate of drug-likeness (QED) is 0.767. The van der Waals surface area contributed by atoms with Crippen LogP contribution < -0.4 is 25.6 Å². The summed E-state index contributed by atoms with van der Waals surface area (Å²) in [7, 11) is 0. The molecule has 1 aromatic rings. The Morgan fingerprint density at radius 2 is 2.19 bits per heavy atom.